The van der Waals surface area contributed by atoms with E-state index in [1.807, 2.05) is 29.6 Å². The maximum absolute atomic E-state index is 12.8. The molecule has 1 aliphatic heterocycles. The highest BCUT2D eigenvalue weighted by atomic mass is 32.2. The summed E-state index contributed by atoms with van der Waals surface area (Å²) in [6, 6.07) is 10.4. The van der Waals surface area contributed by atoms with Gasteiger partial charge in [-0.15, -0.1) is 22.7 Å². The quantitative estimate of drug-likeness (QED) is 0.735. The number of nitrogens with one attached hydrogen (secondary N) is 1. The number of carbonyl (C=O) groups excluding carboxylic acids is 1. The van der Waals surface area contributed by atoms with Gasteiger partial charge < -0.3 is 5.32 Å². The Labute approximate surface area is 154 Å². The third-order valence-corrected chi connectivity index (χ3v) is 8.46. The summed E-state index contributed by atoms with van der Waals surface area (Å²) in [4.78, 5) is 12.7. The van der Waals surface area contributed by atoms with Gasteiger partial charge in [-0.1, -0.05) is 6.07 Å². The van der Waals surface area contributed by atoms with E-state index in [-0.39, 0.29) is 10.1 Å². The number of anilines is 1. The van der Waals surface area contributed by atoms with Crippen molar-refractivity contribution in [1.82, 2.24) is 4.31 Å². The van der Waals surface area contributed by atoms with Crippen LogP contribution in [0.5, 0.6) is 0 Å². The van der Waals surface area contributed by atoms with Crippen LogP contribution >= 0.6 is 22.7 Å². The standard InChI is InChI=1S/C17H16N2O3S3/c20-17(18-13-5-6-15-12(11-13)7-10-23-15)14-3-1-8-19(14)25(21,22)16-4-2-9-24-16/h2,4-7,9-11,14H,1,3,8H2,(H,18,20)/t14-/m0/s1. The van der Waals surface area contributed by atoms with Crippen molar-refractivity contribution in [2.24, 2.45) is 0 Å². The van der Waals surface area contributed by atoms with Crippen LogP contribution in [0.4, 0.5) is 5.69 Å². The lowest BCUT2D eigenvalue weighted by Gasteiger charge is -2.22. The number of hydrogen-bond donors (Lipinski definition) is 1. The lowest BCUT2D eigenvalue weighted by molar-refractivity contribution is -0.119. The van der Waals surface area contributed by atoms with Crippen LogP contribution in [0.1, 0.15) is 12.8 Å². The summed E-state index contributed by atoms with van der Waals surface area (Å²) in [5.41, 5.74) is 0.691. The molecule has 0 unspecified atom stereocenters. The molecule has 25 heavy (non-hydrogen) atoms. The normalized spacial score (nSPS) is 18.6. The maximum atomic E-state index is 12.8. The van der Waals surface area contributed by atoms with E-state index in [2.05, 4.69) is 5.32 Å². The molecule has 1 atom stereocenters. The van der Waals surface area contributed by atoms with Crippen LogP contribution in [-0.2, 0) is 14.8 Å². The largest absolute Gasteiger partial charge is 0.325 e. The van der Waals surface area contributed by atoms with Crippen molar-refractivity contribution in [3.8, 4) is 0 Å². The van der Waals surface area contributed by atoms with Gasteiger partial charge in [0, 0.05) is 16.9 Å². The summed E-state index contributed by atoms with van der Waals surface area (Å²) in [7, 11) is -3.61. The van der Waals surface area contributed by atoms with Gasteiger partial charge >= 0.3 is 0 Å². The van der Waals surface area contributed by atoms with E-state index in [0.29, 0.717) is 25.1 Å². The van der Waals surface area contributed by atoms with Gasteiger partial charge in [0.15, 0.2) is 0 Å². The molecule has 2 aromatic heterocycles. The fourth-order valence-electron chi connectivity index (χ4n) is 3.09. The molecule has 1 saturated heterocycles. The van der Waals surface area contributed by atoms with Crippen molar-refractivity contribution in [3.05, 3.63) is 47.2 Å². The third-order valence-electron chi connectivity index (χ3n) is 4.28. The molecule has 4 rings (SSSR count). The van der Waals surface area contributed by atoms with E-state index in [4.69, 9.17) is 0 Å². The minimum absolute atomic E-state index is 0.271. The minimum Gasteiger partial charge on any atom is -0.325 e. The highest BCUT2D eigenvalue weighted by Crippen LogP contribution is 2.30. The van der Waals surface area contributed by atoms with Crippen LogP contribution in [-0.4, -0.2) is 31.2 Å². The van der Waals surface area contributed by atoms with Crippen molar-refractivity contribution in [1.29, 1.82) is 0 Å². The second-order valence-electron chi connectivity index (χ2n) is 5.87. The van der Waals surface area contributed by atoms with E-state index in [1.165, 1.54) is 15.6 Å². The molecule has 8 heteroatoms. The van der Waals surface area contributed by atoms with E-state index < -0.39 is 16.1 Å². The average Bonchev–Trinajstić information content (AvgIpc) is 3.33. The monoisotopic (exact) mass is 392 g/mol. The Hall–Kier alpha value is -1.74. The van der Waals surface area contributed by atoms with Crippen LogP contribution < -0.4 is 5.32 Å². The first kappa shape index (κ1) is 16.7. The fourth-order valence-corrected chi connectivity index (χ4v) is 6.63. The van der Waals surface area contributed by atoms with Gasteiger partial charge in [-0.25, -0.2) is 8.42 Å². The number of carbonyl (C=O) groups is 1. The summed E-state index contributed by atoms with van der Waals surface area (Å²) in [5, 5.41) is 7.68. The predicted molar refractivity (Wildman–Crippen MR) is 102 cm³/mol. The number of hydrogen-bond acceptors (Lipinski definition) is 5. The van der Waals surface area contributed by atoms with Gasteiger partial charge in [0.2, 0.25) is 5.91 Å². The van der Waals surface area contributed by atoms with Crippen molar-refractivity contribution in [2.75, 3.05) is 11.9 Å². The van der Waals surface area contributed by atoms with Gasteiger partial charge in [-0.2, -0.15) is 4.31 Å². The first-order valence-corrected chi connectivity index (χ1v) is 11.1. The molecule has 3 heterocycles. The second kappa shape index (κ2) is 6.53. The van der Waals surface area contributed by atoms with E-state index in [9.17, 15) is 13.2 Å². The summed E-state index contributed by atoms with van der Waals surface area (Å²) in [6.45, 7) is 0.377. The van der Waals surface area contributed by atoms with Crippen LogP contribution in [0.15, 0.2) is 51.4 Å². The zero-order chi connectivity index (χ0) is 17.4. The highest BCUT2D eigenvalue weighted by molar-refractivity contribution is 7.91. The molecule has 5 nitrogen and oxygen atoms in total. The Morgan fingerprint density at radius 2 is 2.04 bits per heavy atom. The molecular weight excluding hydrogens is 376 g/mol. The number of sulfonamides is 1. The SMILES string of the molecule is O=C(Nc1ccc2sccc2c1)[C@@H]1CCCN1S(=O)(=O)c1cccs1. The van der Waals surface area contributed by atoms with Gasteiger partial charge in [-0.3, -0.25) is 4.79 Å². The van der Waals surface area contributed by atoms with Gasteiger partial charge in [0.1, 0.15) is 10.3 Å². The Morgan fingerprint density at radius 1 is 1.16 bits per heavy atom. The Balaban J connectivity index is 1.56. The van der Waals surface area contributed by atoms with Crippen molar-refractivity contribution < 1.29 is 13.2 Å². The topological polar surface area (TPSA) is 66.5 Å². The van der Waals surface area contributed by atoms with Crippen molar-refractivity contribution in [3.63, 3.8) is 0 Å². The molecule has 0 aliphatic carbocycles. The molecule has 1 aromatic carbocycles. The second-order valence-corrected chi connectivity index (χ2v) is 9.88. The summed E-state index contributed by atoms with van der Waals surface area (Å²) in [6.07, 6.45) is 1.23. The molecule has 0 bridgehead atoms. The lowest BCUT2D eigenvalue weighted by Crippen LogP contribution is -2.42. The van der Waals surface area contributed by atoms with E-state index in [1.54, 1.807) is 28.8 Å². The summed E-state index contributed by atoms with van der Waals surface area (Å²) < 4.78 is 28.3. The molecule has 1 amide bonds. The maximum Gasteiger partial charge on any atom is 0.253 e. The first-order valence-electron chi connectivity index (χ1n) is 7.89. The van der Waals surface area contributed by atoms with Crippen molar-refractivity contribution >= 4 is 54.4 Å². The lowest BCUT2D eigenvalue weighted by atomic mass is 10.2. The number of rotatable bonds is 4. The van der Waals surface area contributed by atoms with E-state index >= 15 is 0 Å². The number of thiophene rings is 2. The van der Waals surface area contributed by atoms with Crippen LogP contribution in [0, 0.1) is 0 Å². The number of fused-ring (bicyclic) bond motifs is 1. The number of benzene rings is 1. The predicted octanol–water partition coefficient (Wildman–Crippen LogP) is 3.75. The van der Waals surface area contributed by atoms with E-state index in [0.717, 1.165) is 10.1 Å². The smallest absolute Gasteiger partial charge is 0.253 e. The molecule has 0 saturated carbocycles. The Morgan fingerprint density at radius 3 is 2.84 bits per heavy atom. The van der Waals surface area contributed by atoms with Gasteiger partial charge in [-0.05, 0) is 59.3 Å². The van der Waals surface area contributed by atoms with Crippen LogP contribution in [0.25, 0.3) is 10.1 Å². The van der Waals surface area contributed by atoms with Gasteiger partial charge in [0.25, 0.3) is 10.0 Å². The fraction of sp³-hybridized carbons (Fsp3) is 0.235. The molecular formula is C17H16N2O3S3. The molecule has 1 aliphatic rings. The third kappa shape index (κ3) is 3.10. The minimum atomic E-state index is -3.61. The first-order chi connectivity index (χ1) is 12.1. The highest BCUT2D eigenvalue weighted by Gasteiger charge is 2.39. The molecule has 3 aromatic rings. The van der Waals surface area contributed by atoms with Crippen LogP contribution in [0.3, 0.4) is 0 Å². The zero-order valence-electron chi connectivity index (χ0n) is 13.2. The molecule has 1 N–H and O–H groups in total. The molecule has 130 valence electrons. The summed E-state index contributed by atoms with van der Waals surface area (Å²) >= 11 is 2.82. The molecule has 1 fully saturated rings. The zero-order valence-corrected chi connectivity index (χ0v) is 15.7. The number of nitrogens with zero attached hydrogens (tertiary/aromatic N) is 1. The van der Waals surface area contributed by atoms with Gasteiger partial charge in [0.05, 0.1) is 0 Å². The summed E-state index contributed by atoms with van der Waals surface area (Å²) in [5.74, 6) is -0.271. The number of amides is 1. The molecule has 0 radical (unpaired) electrons. The Bertz CT molecular complexity index is 1010. The Kier molecular flexibility index (Phi) is 4.36. The van der Waals surface area contributed by atoms with Crippen molar-refractivity contribution in [2.45, 2.75) is 23.1 Å². The molecule has 0 spiro atoms. The average molecular weight is 393 g/mol. The van der Waals surface area contributed by atoms with Crippen LogP contribution in [0.2, 0.25) is 0 Å².